The topological polar surface area (TPSA) is 63.0 Å². The van der Waals surface area contributed by atoms with Crippen LogP contribution in [-0.4, -0.2) is 53.5 Å². The van der Waals surface area contributed by atoms with Gasteiger partial charge in [0.2, 0.25) is 11.8 Å². The van der Waals surface area contributed by atoms with Gasteiger partial charge in [0, 0.05) is 25.6 Å². The summed E-state index contributed by atoms with van der Waals surface area (Å²) in [5.41, 5.74) is 0. The first-order valence-corrected chi connectivity index (χ1v) is 11.8. The SMILES string of the molecule is CC[C@H](C)N(CC(=O)N(Cc1ccco1)C[C@@H]1CCCO1)C(=O)CCC1CCCC1. The van der Waals surface area contributed by atoms with Gasteiger partial charge < -0.3 is 19.0 Å². The van der Waals surface area contributed by atoms with Crippen LogP contribution in [0.25, 0.3) is 0 Å². The highest BCUT2D eigenvalue weighted by atomic mass is 16.5. The average molecular weight is 419 g/mol. The van der Waals surface area contributed by atoms with Gasteiger partial charge in [-0.25, -0.2) is 0 Å². The van der Waals surface area contributed by atoms with E-state index in [0.29, 0.717) is 25.4 Å². The number of ether oxygens (including phenoxy) is 1. The van der Waals surface area contributed by atoms with Crippen molar-refractivity contribution in [2.45, 2.75) is 90.3 Å². The first-order chi connectivity index (χ1) is 14.6. The zero-order valence-corrected chi connectivity index (χ0v) is 18.7. The maximum Gasteiger partial charge on any atom is 0.242 e. The van der Waals surface area contributed by atoms with Gasteiger partial charge in [-0.15, -0.1) is 0 Å². The van der Waals surface area contributed by atoms with Crippen LogP contribution in [0.4, 0.5) is 0 Å². The summed E-state index contributed by atoms with van der Waals surface area (Å²) in [5, 5.41) is 0. The molecule has 2 aliphatic rings. The quantitative estimate of drug-likeness (QED) is 0.535. The normalized spacial score (nSPS) is 20.4. The van der Waals surface area contributed by atoms with Crippen molar-refractivity contribution < 1.29 is 18.7 Å². The zero-order valence-electron chi connectivity index (χ0n) is 18.7. The largest absolute Gasteiger partial charge is 0.467 e. The number of carbonyl (C=O) groups excluding carboxylic acids is 2. The molecule has 0 bridgehead atoms. The maximum atomic E-state index is 13.3. The van der Waals surface area contributed by atoms with Crippen LogP contribution in [-0.2, 0) is 20.9 Å². The lowest BCUT2D eigenvalue weighted by Crippen LogP contribution is -2.47. The maximum absolute atomic E-state index is 13.3. The second-order valence-electron chi connectivity index (χ2n) is 8.96. The lowest BCUT2D eigenvalue weighted by molar-refractivity contribution is -0.143. The van der Waals surface area contributed by atoms with Crippen LogP contribution in [0.1, 0.15) is 77.4 Å². The third-order valence-electron chi connectivity index (χ3n) is 6.72. The van der Waals surface area contributed by atoms with Gasteiger partial charge in [-0.05, 0) is 50.7 Å². The van der Waals surface area contributed by atoms with E-state index in [1.165, 1.54) is 25.7 Å². The molecule has 3 rings (SSSR count). The molecule has 1 aliphatic carbocycles. The zero-order chi connectivity index (χ0) is 21.3. The molecule has 30 heavy (non-hydrogen) atoms. The van der Waals surface area contributed by atoms with Crippen molar-refractivity contribution in [2.24, 2.45) is 5.92 Å². The lowest BCUT2D eigenvalue weighted by atomic mass is 10.0. The van der Waals surface area contributed by atoms with Crippen molar-refractivity contribution in [3.8, 4) is 0 Å². The first-order valence-electron chi connectivity index (χ1n) is 11.8. The van der Waals surface area contributed by atoms with Gasteiger partial charge in [-0.1, -0.05) is 32.6 Å². The Labute approximate surface area is 180 Å². The fourth-order valence-corrected chi connectivity index (χ4v) is 4.61. The minimum absolute atomic E-state index is 0.0311. The highest BCUT2D eigenvalue weighted by Gasteiger charge is 2.28. The van der Waals surface area contributed by atoms with Crippen molar-refractivity contribution in [1.29, 1.82) is 0 Å². The fourth-order valence-electron chi connectivity index (χ4n) is 4.61. The lowest BCUT2D eigenvalue weighted by Gasteiger charge is -2.32. The van der Waals surface area contributed by atoms with E-state index in [9.17, 15) is 9.59 Å². The van der Waals surface area contributed by atoms with Gasteiger partial charge in [-0.2, -0.15) is 0 Å². The molecule has 1 aliphatic heterocycles. The van der Waals surface area contributed by atoms with Gasteiger partial charge >= 0.3 is 0 Å². The van der Waals surface area contributed by atoms with E-state index in [4.69, 9.17) is 9.15 Å². The Kier molecular flexibility index (Phi) is 8.79. The predicted octanol–water partition coefficient (Wildman–Crippen LogP) is 4.38. The molecule has 0 spiro atoms. The average Bonchev–Trinajstić information content (AvgIpc) is 3.52. The Hall–Kier alpha value is -1.82. The Bertz CT molecular complexity index is 648. The summed E-state index contributed by atoms with van der Waals surface area (Å²) in [6.07, 6.45) is 11.1. The molecule has 0 N–H and O–H groups in total. The van der Waals surface area contributed by atoms with Crippen LogP contribution >= 0.6 is 0 Å². The van der Waals surface area contributed by atoms with Gasteiger partial charge in [0.25, 0.3) is 0 Å². The third-order valence-corrected chi connectivity index (χ3v) is 6.72. The molecule has 168 valence electrons. The van der Waals surface area contributed by atoms with E-state index in [-0.39, 0.29) is 30.5 Å². The highest BCUT2D eigenvalue weighted by molar-refractivity contribution is 5.85. The van der Waals surface area contributed by atoms with Gasteiger partial charge in [0.15, 0.2) is 0 Å². The molecule has 2 fully saturated rings. The first kappa shape index (κ1) is 22.9. The molecular formula is C24H38N2O4. The number of hydrogen-bond donors (Lipinski definition) is 0. The number of nitrogens with zero attached hydrogens (tertiary/aromatic N) is 2. The van der Waals surface area contributed by atoms with Crippen molar-refractivity contribution in [3.05, 3.63) is 24.2 Å². The molecule has 0 aromatic carbocycles. The van der Waals surface area contributed by atoms with Crippen LogP contribution in [0.3, 0.4) is 0 Å². The Morgan fingerprint density at radius 1 is 1.17 bits per heavy atom. The molecule has 0 unspecified atom stereocenters. The van der Waals surface area contributed by atoms with Crippen molar-refractivity contribution in [1.82, 2.24) is 9.80 Å². The van der Waals surface area contributed by atoms with Gasteiger partial charge in [-0.3, -0.25) is 9.59 Å². The molecule has 1 aromatic heterocycles. The standard InChI is InChI=1S/C24H38N2O4/c1-3-19(2)26(23(27)13-12-20-8-4-5-9-20)18-24(28)25(16-21-10-6-14-29-21)17-22-11-7-15-30-22/h6,10,14,19-20,22H,3-5,7-9,11-13,15-18H2,1-2H3/t19-,22-/m0/s1. The van der Waals surface area contributed by atoms with E-state index in [0.717, 1.165) is 38.1 Å². The molecule has 6 heteroatoms. The van der Waals surface area contributed by atoms with E-state index < -0.39 is 0 Å². The number of furan rings is 1. The number of rotatable bonds is 11. The summed E-state index contributed by atoms with van der Waals surface area (Å²) < 4.78 is 11.2. The Morgan fingerprint density at radius 3 is 2.60 bits per heavy atom. The Balaban J connectivity index is 1.62. The molecule has 2 heterocycles. The van der Waals surface area contributed by atoms with Crippen LogP contribution in [0.15, 0.2) is 22.8 Å². The predicted molar refractivity (Wildman–Crippen MR) is 116 cm³/mol. The summed E-state index contributed by atoms with van der Waals surface area (Å²) in [4.78, 5) is 29.9. The number of hydrogen-bond acceptors (Lipinski definition) is 4. The van der Waals surface area contributed by atoms with E-state index in [1.54, 1.807) is 16.1 Å². The number of carbonyl (C=O) groups is 2. The fraction of sp³-hybridized carbons (Fsp3) is 0.750. The molecule has 2 atom stereocenters. The van der Waals surface area contributed by atoms with E-state index in [2.05, 4.69) is 6.92 Å². The molecular weight excluding hydrogens is 380 g/mol. The molecule has 2 amide bonds. The summed E-state index contributed by atoms with van der Waals surface area (Å²) >= 11 is 0. The van der Waals surface area contributed by atoms with Crippen LogP contribution in [0.2, 0.25) is 0 Å². The van der Waals surface area contributed by atoms with Crippen molar-refractivity contribution >= 4 is 11.8 Å². The van der Waals surface area contributed by atoms with Crippen LogP contribution < -0.4 is 0 Å². The summed E-state index contributed by atoms with van der Waals surface area (Å²) in [7, 11) is 0. The minimum atomic E-state index is -0.0311. The highest BCUT2D eigenvalue weighted by Crippen LogP contribution is 2.29. The summed E-state index contributed by atoms with van der Waals surface area (Å²) in [5.74, 6) is 1.51. The third kappa shape index (κ3) is 6.59. The van der Waals surface area contributed by atoms with E-state index in [1.807, 2.05) is 19.1 Å². The smallest absolute Gasteiger partial charge is 0.242 e. The van der Waals surface area contributed by atoms with E-state index >= 15 is 0 Å². The van der Waals surface area contributed by atoms with Crippen molar-refractivity contribution in [3.63, 3.8) is 0 Å². The van der Waals surface area contributed by atoms with Gasteiger partial charge in [0.05, 0.1) is 18.9 Å². The second-order valence-corrected chi connectivity index (χ2v) is 8.96. The second kappa shape index (κ2) is 11.5. The molecule has 0 radical (unpaired) electrons. The molecule has 1 aromatic rings. The molecule has 1 saturated heterocycles. The summed E-state index contributed by atoms with van der Waals surface area (Å²) in [6, 6.07) is 3.77. The summed E-state index contributed by atoms with van der Waals surface area (Å²) in [6.45, 7) is 5.95. The monoisotopic (exact) mass is 418 g/mol. The minimum Gasteiger partial charge on any atom is -0.467 e. The van der Waals surface area contributed by atoms with Crippen LogP contribution in [0.5, 0.6) is 0 Å². The molecule has 6 nitrogen and oxygen atoms in total. The van der Waals surface area contributed by atoms with Crippen LogP contribution in [0, 0.1) is 5.92 Å². The molecule has 1 saturated carbocycles. The van der Waals surface area contributed by atoms with Gasteiger partial charge in [0.1, 0.15) is 12.3 Å². The number of amides is 2. The Morgan fingerprint density at radius 2 is 1.97 bits per heavy atom. The van der Waals surface area contributed by atoms with Crippen molar-refractivity contribution in [2.75, 3.05) is 19.7 Å².